The molecular weight excluding hydrogens is 283 g/mol. The van der Waals surface area contributed by atoms with E-state index in [1.165, 1.54) is 6.07 Å². The van der Waals surface area contributed by atoms with Crippen molar-refractivity contribution in [2.45, 2.75) is 31.1 Å². The summed E-state index contributed by atoms with van der Waals surface area (Å²) in [4.78, 5) is -0.0596. The van der Waals surface area contributed by atoms with E-state index < -0.39 is 15.8 Å². The van der Waals surface area contributed by atoms with Gasteiger partial charge in [-0.25, -0.2) is 17.5 Å². The second-order valence-electron chi connectivity index (χ2n) is 4.70. The minimum absolute atomic E-state index is 0.0237. The number of aliphatic hydroxyl groups is 1. The van der Waals surface area contributed by atoms with Crippen LogP contribution in [0.2, 0.25) is 0 Å². The lowest BCUT2D eigenvalue weighted by Crippen LogP contribution is -2.30. The summed E-state index contributed by atoms with van der Waals surface area (Å²) in [5.74, 6) is -0.564. The minimum atomic E-state index is -3.71. The Balaban J connectivity index is 2.75. The van der Waals surface area contributed by atoms with E-state index >= 15 is 0 Å². The second-order valence-corrected chi connectivity index (χ2v) is 6.47. The number of hydrogen-bond donors (Lipinski definition) is 3. The molecule has 0 saturated carbocycles. The average molecular weight is 304 g/mol. The number of anilines is 1. The van der Waals surface area contributed by atoms with E-state index in [0.29, 0.717) is 6.42 Å². The summed E-state index contributed by atoms with van der Waals surface area (Å²) in [6.07, 6.45) is 2.28. The highest BCUT2D eigenvalue weighted by Gasteiger charge is 2.17. The molecule has 0 aromatic heterocycles. The van der Waals surface area contributed by atoms with Gasteiger partial charge in [-0.15, -0.1) is 0 Å². The zero-order chi connectivity index (χ0) is 15.2. The third kappa shape index (κ3) is 4.73. The van der Waals surface area contributed by atoms with Crippen LogP contribution in [0, 0.1) is 11.7 Å². The van der Waals surface area contributed by atoms with Crippen molar-refractivity contribution in [3.05, 3.63) is 24.0 Å². The van der Waals surface area contributed by atoms with E-state index in [1.807, 2.05) is 6.92 Å². The standard InChI is InChI=1S/C13H21FN2O3S/c1-2-3-10(6-7-17)9-16-20(18,19)11-4-5-12(14)13(15)8-11/h4-5,8,10,16-17H,2-3,6-7,9,15H2,1H3. The monoisotopic (exact) mass is 304 g/mol. The molecule has 1 aromatic rings. The first-order valence-corrected chi connectivity index (χ1v) is 8.04. The first kappa shape index (κ1) is 16.9. The van der Waals surface area contributed by atoms with E-state index in [-0.39, 0.29) is 29.7 Å². The van der Waals surface area contributed by atoms with Crippen LogP contribution < -0.4 is 10.5 Å². The summed E-state index contributed by atoms with van der Waals surface area (Å²) in [6.45, 7) is 2.27. The molecule has 0 spiro atoms. The molecule has 4 N–H and O–H groups in total. The highest BCUT2D eigenvalue weighted by Crippen LogP contribution is 2.17. The van der Waals surface area contributed by atoms with Crippen LogP contribution in [-0.4, -0.2) is 26.7 Å². The molecule has 0 aliphatic carbocycles. The van der Waals surface area contributed by atoms with Crippen LogP contribution in [0.3, 0.4) is 0 Å². The smallest absolute Gasteiger partial charge is 0.240 e. The minimum Gasteiger partial charge on any atom is -0.396 e. The number of sulfonamides is 1. The molecule has 0 amide bonds. The molecule has 0 radical (unpaired) electrons. The lowest BCUT2D eigenvalue weighted by Gasteiger charge is -2.16. The lowest BCUT2D eigenvalue weighted by atomic mass is 10.0. The molecule has 114 valence electrons. The average Bonchev–Trinajstić information content (AvgIpc) is 2.39. The van der Waals surface area contributed by atoms with E-state index in [2.05, 4.69) is 4.72 Å². The third-order valence-electron chi connectivity index (χ3n) is 3.07. The zero-order valence-electron chi connectivity index (χ0n) is 11.5. The Morgan fingerprint density at radius 2 is 2.10 bits per heavy atom. The van der Waals surface area contributed by atoms with Gasteiger partial charge in [0.1, 0.15) is 5.82 Å². The van der Waals surface area contributed by atoms with Gasteiger partial charge in [0, 0.05) is 13.2 Å². The first-order valence-electron chi connectivity index (χ1n) is 6.56. The van der Waals surface area contributed by atoms with Crippen LogP contribution >= 0.6 is 0 Å². The van der Waals surface area contributed by atoms with Gasteiger partial charge in [0.15, 0.2) is 0 Å². The maximum Gasteiger partial charge on any atom is 0.240 e. The molecule has 0 saturated heterocycles. The van der Waals surface area contributed by atoms with Crippen LogP contribution in [0.15, 0.2) is 23.1 Å². The molecule has 0 aliphatic rings. The van der Waals surface area contributed by atoms with Crippen molar-refractivity contribution in [1.29, 1.82) is 0 Å². The summed E-state index contributed by atoms with van der Waals surface area (Å²) in [5, 5.41) is 8.94. The molecule has 0 heterocycles. The topological polar surface area (TPSA) is 92.4 Å². The SMILES string of the molecule is CCCC(CCO)CNS(=O)(=O)c1ccc(F)c(N)c1. The molecule has 1 unspecified atom stereocenters. The number of nitrogens with two attached hydrogens (primary N) is 1. The van der Waals surface area contributed by atoms with E-state index in [4.69, 9.17) is 10.8 Å². The largest absolute Gasteiger partial charge is 0.396 e. The zero-order valence-corrected chi connectivity index (χ0v) is 12.3. The van der Waals surface area contributed by atoms with Crippen LogP contribution in [0.1, 0.15) is 26.2 Å². The van der Waals surface area contributed by atoms with Crippen molar-refractivity contribution >= 4 is 15.7 Å². The Labute approximate surface area is 119 Å². The van der Waals surface area contributed by atoms with Crippen LogP contribution in [0.4, 0.5) is 10.1 Å². The molecule has 0 bridgehead atoms. The van der Waals surface area contributed by atoms with Crippen molar-refractivity contribution in [2.75, 3.05) is 18.9 Å². The molecule has 1 aromatic carbocycles. The maximum atomic E-state index is 13.0. The highest BCUT2D eigenvalue weighted by molar-refractivity contribution is 7.89. The maximum absolute atomic E-state index is 13.0. The quantitative estimate of drug-likeness (QED) is 0.634. The van der Waals surface area contributed by atoms with Gasteiger partial charge in [-0.3, -0.25) is 0 Å². The molecular formula is C13H21FN2O3S. The van der Waals surface area contributed by atoms with Gasteiger partial charge in [-0.1, -0.05) is 13.3 Å². The number of halogens is 1. The van der Waals surface area contributed by atoms with Crippen molar-refractivity contribution < 1.29 is 17.9 Å². The molecule has 5 nitrogen and oxygen atoms in total. The molecule has 0 fully saturated rings. The molecule has 7 heteroatoms. The molecule has 1 rings (SSSR count). The fraction of sp³-hybridized carbons (Fsp3) is 0.538. The summed E-state index contributed by atoms with van der Waals surface area (Å²) in [7, 11) is -3.71. The summed E-state index contributed by atoms with van der Waals surface area (Å²) >= 11 is 0. The molecule has 1 atom stereocenters. The number of hydrogen-bond acceptors (Lipinski definition) is 4. The summed E-state index contributed by atoms with van der Waals surface area (Å²) in [6, 6.07) is 3.30. The molecule has 0 aliphatic heterocycles. The number of rotatable bonds is 8. The summed E-state index contributed by atoms with van der Waals surface area (Å²) in [5.41, 5.74) is 5.17. The number of aliphatic hydroxyl groups excluding tert-OH is 1. The Kier molecular flexibility index (Phi) is 6.38. The van der Waals surface area contributed by atoms with Gasteiger partial charge in [-0.05, 0) is 37.0 Å². The van der Waals surface area contributed by atoms with Gasteiger partial charge in [0.05, 0.1) is 10.6 Å². The lowest BCUT2D eigenvalue weighted by molar-refractivity contribution is 0.251. The van der Waals surface area contributed by atoms with Crippen LogP contribution in [0.25, 0.3) is 0 Å². The van der Waals surface area contributed by atoms with Gasteiger partial charge < -0.3 is 10.8 Å². The van der Waals surface area contributed by atoms with Gasteiger partial charge in [0.2, 0.25) is 10.0 Å². The normalized spacial score (nSPS) is 13.3. The van der Waals surface area contributed by atoms with Crippen molar-refractivity contribution in [1.82, 2.24) is 4.72 Å². The van der Waals surface area contributed by atoms with Crippen molar-refractivity contribution in [2.24, 2.45) is 5.92 Å². The predicted molar refractivity (Wildman–Crippen MR) is 76.1 cm³/mol. The Morgan fingerprint density at radius 1 is 1.40 bits per heavy atom. The predicted octanol–water partition coefficient (Wildman–Crippen LogP) is 1.48. The van der Waals surface area contributed by atoms with E-state index in [9.17, 15) is 12.8 Å². The fourth-order valence-electron chi connectivity index (χ4n) is 1.94. The van der Waals surface area contributed by atoms with Crippen LogP contribution in [0.5, 0.6) is 0 Å². The van der Waals surface area contributed by atoms with E-state index in [1.54, 1.807) is 0 Å². The van der Waals surface area contributed by atoms with Crippen molar-refractivity contribution in [3.63, 3.8) is 0 Å². The van der Waals surface area contributed by atoms with Crippen LogP contribution in [-0.2, 0) is 10.0 Å². The Bertz CT molecular complexity index is 528. The first-order chi connectivity index (χ1) is 9.40. The van der Waals surface area contributed by atoms with Gasteiger partial charge in [-0.2, -0.15) is 0 Å². The number of nitrogen functional groups attached to an aromatic ring is 1. The fourth-order valence-corrected chi connectivity index (χ4v) is 3.09. The third-order valence-corrected chi connectivity index (χ3v) is 4.50. The number of nitrogens with one attached hydrogen (secondary N) is 1. The summed E-state index contributed by atoms with van der Waals surface area (Å²) < 4.78 is 39.6. The highest BCUT2D eigenvalue weighted by atomic mass is 32.2. The Hall–Kier alpha value is -1.18. The Morgan fingerprint density at radius 3 is 2.65 bits per heavy atom. The molecule has 20 heavy (non-hydrogen) atoms. The second kappa shape index (κ2) is 7.56. The van der Waals surface area contributed by atoms with Gasteiger partial charge >= 0.3 is 0 Å². The van der Waals surface area contributed by atoms with E-state index in [0.717, 1.165) is 25.0 Å². The number of benzene rings is 1. The van der Waals surface area contributed by atoms with Crippen molar-refractivity contribution in [3.8, 4) is 0 Å². The van der Waals surface area contributed by atoms with Gasteiger partial charge in [0.25, 0.3) is 0 Å².